The first-order chi connectivity index (χ1) is 13.3. The lowest BCUT2D eigenvalue weighted by Gasteiger charge is -2.12. The average molecular weight is 356 g/mol. The molecule has 0 aliphatic rings. The summed E-state index contributed by atoms with van der Waals surface area (Å²) in [6.45, 7) is 2.80. The predicted octanol–water partition coefficient (Wildman–Crippen LogP) is 4.98. The Balaban J connectivity index is 1.39. The van der Waals surface area contributed by atoms with Crippen molar-refractivity contribution in [1.29, 1.82) is 0 Å². The number of para-hydroxylation sites is 1. The molecule has 0 atom stereocenters. The number of ether oxygens (including phenoxy) is 1. The van der Waals surface area contributed by atoms with Gasteiger partial charge in [-0.15, -0.1) is 0 Å². The molecule has 0 saturated heterocycles. The van der Waals surface area contributed by atoms with Crippen LogP contribution in [-0.2, 0) is 6.54 Å². The second kappa shape index (κ2) is 7.74. The van der Waals surface area contributed by atoms with Crippen LogP contribution in [0.1, 0.15) is 11.1 Å². The van der Waals surface area contributed by atoms with Crippen molar-refractivity contribution in [3.05, 3.63) is 96.6 Å². The Bertz CT molecular complexity index is 996. The summed E-state index contributed by atoms with van der Waals surface area (Å²) in [5, 5.41) is 7.59. The van der Waals surface area contributed by atoms with E-state index >= 15 is 0 Å². The van der Waals surface area contributed by atoms with Gasteiger partial charge in [-0.2, -0.15) is 5.10 Å². The maximum Gasteiger partial charge on any atom is 0.138 e. The van der Waals surface area contributed by atoms with Gasteiger partial charge in [-0.3, -0.25) is 0 Å². The highest BCUT2D eigenvalue weighted by Gasteiger charge is 2.03. The second-order valence-corrected chi connectivity index (χ2v) is 6.26. The van der Waals surface area contributed by atoms with Crippen LogP contribution >= 0.6 is 0 Å². The molecule has 4 rings (SSSR count). The molecule has 5 heteroatoms. The van der Waals surface area contributed by atoms with Gasteiger partial charge in [0, 0.05) is 12.2 Å². The Kier molecular flexibility index (Phi) is 4.83. The van der Waals surface area contributed by atoms with Crippen molar-refractivity contribution in [2.24, 2.45) is 0 Å². The van der Waals surface area contributed by atoms with E-state index in [0.717, 1.165) is 35.0 Å². The molecule has 0 amide bonds. The lowest BCUT2D eigenvalue weighted by atomic mass is 10.1. The van der Waals surface area contributed by atoms with Crippen LogP contribution in [0.5, 0.6) is 11.5 Å². The van der Waals surface area contributed by atoms with Crippen LogP contribution in [0.15, 0.2) is 85.5 Å². The fourth-order valence-electron chi connectivity index (χ4n) is 2.80. The number of rotatable bonds is 6. The van der Waals surface area contributed by atoms with Gasteiger partial charge in [0.1, 0.15) is 24.2 Å². The van der Waals surface area contributed by atoms with Crippen LogP contribution in [0.3, 0.4) is 0 Å². The molecule has 1 aromatic heterocycles. The Morgan fingerprint density at radius 2 is 1.78 bits per heavy atom. The summed E-state index contributed by atoms with van der Waals surface area (Å²) in [6, 6.07) is 24.2. The maximum atomic E-state index is 5.93. The minimum atomic E-state index is 0.746. The Hall–Kier alpha value is -3.60. The zero-order chi connectivity index (χ0) is 18.5. The molecule has 4 aromatic rings. The highest BCUT2D eigenvalue weighted by Crippen LogP contribution is 2.27. The third-order valence-corrected chi connectivity index (χ3v) is 4.26. The van der Waals surface area contributed by atoms with E-state index in [4.69, 9.17) is 4.74 Å². The monoisotopic (exact) mass is 356 g/mol. The molecule has 0 unspecified atom stereocenters. The first-order valence-corrected chi connectivity index (χ1v) is 8.79. The minimum Gasteiger partial charge on any atom is -0.457 e. The smallest absolute Gasteiger partial charge is 0.138 e. The topological polar surface area (TPSA) is 52.0 Å². The van der Waals surface area contributed by atoms with Gasteiger partial charge in [0.2, 0.25) is 0 Å². The molecule has 0 aliphatic carbocycles. The van der Waals surface area contributed by atoms with E-state index in [2.05, 4.69) is 40.5 Å². The molecule has 27 heavy (non-hydrogen) atoms. The number of aryl methyl sites for hydroxylation is 1. The highest BCUT2D eigenvalue weighted by molar-refractivity contribution is 5.52. The van der Waals surface area contributed by atoms with Gasteiger partial charge in [-0.1, -0.05) is 30.3 Å². The first-order valence-electron chi connectivity index (χ1n) is 8.79. The minimum absolute atomic E-state index is 0.746. The van der Waals surface area contributed by atoms with E-state index in [1.165, 1.54) is 11.9 Å². The van der Waals surface area contributed by atoms with Crippen LogP contribution in [0.25, 0.3) is 5.69 Å². The van der Waals surface area contributed by atoms with Crippen LogP contribution in [-0.4, -0.2) is 14.8 Å². The summed E-state index contributed by atoms with van der Waals surface area (Å²) in [4.78, 5) is 3.97. The third kappa shape index (κ3) is 4.15. The molecule has 0 saturated carbocycles. The van der Waals surface area contributed by atoms with E-state index in [9.17, 15) is 0 Å². The van der Waals surface area contributed by atoms with Crippen molar-refractivity contribution in [2.45, 2.75) is 13.5 Å². The second-order valence-electron chi connectivity index (χ2n) is 6.26. The van der Waals surface area contributed by atoms with Gasteiger partial charge in [-0.25, -0.2) is 9.67 Å². The van der Waals surface area contributed by atoms with Gasteiger partial charge in [0.05, 0.1) is 5.69 Å². The number of hydrogen-bond acceptors (Lipinski definition) is 4. The predicted molar refractivity (Wildman–Crippen MR) is 106 cm³/mol. The number of nitrogens with zero attached hydrogens (tertiary/aromatic N) is 3. The molecule has 0 bridgehead atoms. The summed E-state index contributed by atoms with van der Waals surface area (Å²) in [5.41, 5.74) is 4.34. The van der Waals surface area contributed by atoms with Crippen molar-refractivity contribution in [3.63, 3.8) is 0 Å². The number of nitrogens with one attached hydrogen (secondary N) is 1. The molecule has 3 aromatic carbocycles. The summed E-state index contributed by atoms with van der Waals surface area (Å²) in [7, 11) is 0. The molecule has 1 heterocycles. The largest absolute Gasteiger partial charge is 0.457 e. The Morgan fingerprint density at radius 3 is 2.48 bits per heavy atom. The maximum absolute atomic E-state index is 5.93. The van der Waals surface area contributed by atoms with Gasteiger partial charge in [0.25, 0.3) is 0 Å². The molecule has 5 nitrogen and oxygen atoms in total. The van der Waals surface area contributed by atoms with Crippen molar-refractivity contribution < 1.29 is 4.74 Å². The van der Waals surface area contributed by atoms with E-state index < -0.39 is 0 Å². The number of hydrogen-bond donors (Lipinski definition) is 1. The summed E-state index contributed by atoms with van der Waals surface area (Å²) in [5.74, 6) is 1.71. The Morgan fingerprint density at radius 1 is 0.963 bits per heavy atom. The van der Waals surface area contributed by atoms with Crippen LogP contribution in [0.2, 0.25) is 0 Å². The van der Waals surface area contributed by atoms with Crippen molar-refractivity contribution in [2.75, 3.05) is 5.32 Å². The van der Waals surface area contributed by atoms with Gasteiger partial charge in [0.15, 0.2) is 0 Å². The summed E-state index contributed by atoms with van der Waals surface area (Å²) < 4.78 is 7.68. The van der Waals surface area contributed by atoms with E-state index in [0.29, 0.717) is 0 Å². The summed E-state index contributed by atoms with van der Waals surface area (Å²) >= 11 is 0. The molecular weight excluding hydrogens is 336 g/mol. The first kappa shape index (κ1) is 16.8. The van der Waals surface area contributed by atoms with Crippen LogP contribution in [0.4, 0.5) is 5.69 Å². The van der Waals surface area contributed by atoms with Gasteiger partial charge >= 0.3 is 0 Å². The van der Waals surface area contributed by atoms with E-state index in [1.54, 1.807) is 11.0 Å². The number of anilines is 1. The quantitative estimate of drug-likeness (QED) is 0.529. The number of aromatic nitrogens is 3. The highest BCUT2D eigenvalue weighted by atomic mass is 16.5. The van der Waals surface area contributed by atoms with Gasteiger partial charge < -0.3 is 10.1 Å². The normalized spacial score (nSPS) is 10.6. The van der Waals surface area contributed by atoms with Crippen LogP contribution in [0, 0.1) is 6.92 Å². The fourth-order valence-corrected chi connectivity index (χ4v) is 2.80. The molecule has 134 valence electrons. The molecule has 1 N–H and O–H groups in total. The molecular formula is C22H20N4O. The number of benzene rings is 3. The van der Waals surface area contributed by atoms with Gasteiger partial charge in [-0.05, 0) is 60.5 Å². The van der Waals surface area contributed by atoms with E-state index in [1.807, 2.05) is 54.6 Å². The lowest BCUT2D eigenvalue weighted by Crippen LogP contribution is -2.01. The SMILES string of the molecule is Cc1cc(NCc2ccc(-n3cncn3)cc2)ccc1Oc1ccccc1. The fraction of sp³-hybridized carbons (Fsp3) is 0.0909. The van der Waals surface area contributed by atoms with Crippen LogP contribution < -0.4 is 10.1 Å². The standard InChI is InChI=1S/C22H20N4O/c1-17-13-19(9-12-22(17)27-21-5-3-2-4-6-21)24-14-18-7-10-20(11-8-18)26-16-23-15-25-26/h2-13,15-16,24H,14H2,1H3. The van der Waals surface area contributed by atoms with Crippen molar-refractivity contribution in [1.82, 2.24) is 14.8 Å². The molecule has 0 fully saturated rings. The van der Waals surface area contributed by atoms with E-state index in [-0.39, 0.29) is 0 Å². The lowest BCUT2D eigenvalue weighted by molar-refractivity contribution is 0.479. The molecule has 0 spiro atoms. The van der Waals surface area contributed by atoms with Crippen molar-refractivity contribution >= 4 is 5.69 Å². The molecule has 0 aliphatic heterocycles. The summed E-state index contributed by atoms with van der Waals surface area (Å²) in [6.07, 6.45) is 3.22. The Labute approximate surface area is 158 Å². The third-order valence-electron chi connectivity index (χ3n) is 4.26. The molecule has 0 radical (unpaired) electrons. The zero-order valence-electron chi connectivity index (χ0n) is 15.0. The zero-order valence-corrected chi connectivity index (χ0v) is 15.0. The van der Waals surface area contributed by atoms with Crippen molar-refractivity contribution in [3.8, 4) is 17.2 Å². The average Bonchev–Trinajstić information content (AvgIpc) is 3.24.